The third-order valence-electron chi connectivity index (χ3n) is 3.76. The lowest BCUT2D eigenvalue weighted by atomic mass is 10.0. The van der Waals surface area contributed by atoms with Crippen molar-refractivity contribution in [2.45, 2.75) is 39.3 Å². The molecule has 1 aromatic carbocycles. The standard InChI is InChI=1S/C18H28N2O/c1-4-18(5-2)20(13-14-21-3)15-17-10-7-6-9-16(17)11-8-12-19/h6-7,9-10,18H,4-5,12-15,19H2,1-3H3. The van der Waals surface area contributed by atoms with Gasteiger partial charge in [-0.05, 0) is 24.5 Å². The van der Waals surface area contributed by atoms with E-state index in [1.807, 2.05) is 6.07 Å². The summed E-state index contributed by atoms with van der Waals surface area (Å²) in [6.07, 6.45) is 2.30. The van der Waals surface area contributed by atoms with E-state index in [0.717, 1.165) is 38.1 Å². The topological polar surface area (TPSA) is 38.5 Å². The fourth-order valence-electron chi connectivity index (χ4n) is 2.55. The van der Waals surface area contributed by atoms with Gasteiger partial charge in [-0.1, -0.05) is 43.9 Å². The summed E-state index contributed by atoms with van der Waals surface area (Å²) in [4.78, 5) is 2.49. The maximum atomic E-state index is 5.48. The van der Waals surface area contributed by atoms with Gasteiger partial charge in [0.25, 0.3) is 0 Å². The summed E-state index contributed by atoms with van der Waals surface area (Å²) in [5, 5.41) is 0. The number of rotatable bonds is 8. The van der Waals surface area contributed by atoms with Crippen LogP contribution in [-0.4, -0.2) is 37.7 Å². The monoisotopic (exact) mass is 288 g/mol. The summed E-state index contributed by atoms with van der Waals surface area (Å²) in [5.41, 5.74) is 7.83. The Bertz CT molecular complexity index is 458. The number of hydrogen-bond donors (Lipinski definition) is 1. The quantitative estimate of drug-likeness (QED) is 0.747. The fraction of sp³-hybridized carbons (Fsp3) is 0.556. The molecule has 0 amide bonds. The van der Waals surface area contributed by atoms with Gasteiger partial charge in [-0.15, -0.1) is 0 Å². The van der Waals surface area contributed by atoms with E-state index in [9.17, 15) is 0 Å². The number of nitrogens with zero attached hydrogens (tertiary/aromatic N) is 1. The molecule has 0 bridgehead atoms. The smallest absolute Gasteiger partial charge is 0.0589 e. The van der Waals surface area contributed by atoms with Crippen LogP contribution in [0.4, 0.5) is 0 Å². The molecular formula is C18H28N2O. The van der Waals surface area contributed by atoms with Crippen molar-refractivity contribution in [3.63, 3.8) is 0 Å². The summed E-state index contributed by atoms with van der Waals surface area (Å²) in [7, 11) is 1.76. The minimum atomic E-state index is 0.397. The first kappa shape index (κ1) is 17.7. The summed E-state index contributed by atoms with van der Waals surface area (Å²) < 4.78 is 5.26. The van der Waals surface area contributed by atoms with Crippen LogP contribution < -0.4 is 5.73 Å². The first-order valence-electron chi connectivity index (χ1n) is 7.76. The Morgan fingerprint density at radius 2 is 1.95 bits per heavy atom. The van der Waals surface area contributed by atoms with Gasteiger partial charge in [0, 0.05) is 31.8 Å². The van der Waals surface area contributed by atoms with Crippen LogP contribution in [0.5, 0.6) is 0 Å². The van der Waals surface area contributed by atoms with Crippen LogP contribution in [0.15, 0.2) is 24.3 Å². The van der Waals surface area contributed by atoms with E-state index in [1.165, 1.54) is 5.56 Å². The van der Waals surface area contributed by atoms with Crippen molar-refractivity contribution in [2.75, 3.05) is 26.8 Å². The Balaban J connectivity index is 2.91. The molecule has 3 nitrogen and oxygen atoms in total. The molecule has 21 heavy (non-hydrogen) atoms. The second-order valence-electron chi connectivity index (χ2n) is 5.10. The average molecular weight is 288 g/mol. The minimum Gasteiger partial charge on any atom is -0.383 e. The Labute approximate surface area is 129 Å². The van der Waals surface area contributed by atoms with Crippen molar-refractivity contribution >= 4 is 0 Å². The molecule has 0 aliphatic heterocycles. The van der Waals surface area contributed by atoms with Crippen LogP contribution in [0.2, 0.25) is 0 Å². The second kappa shape index (κ2) is 10.4. The fourth-order valence-corrected chi connectivity index (χ4v) is 2.55. The van der Waals surface area contributed by atoms with E-state index in [0.29, 0.717) is 12.6 Å². The lowest BCUT2D eigenvalue weighted by molar-refractivity contribution is 0.110. The summed E-state index contributed by atoms with van der Waals surface area (Å²) >= 11 is 0. The van der Waals surface area contributed by atoms with Gasteiger partial charge in [-0.3, -0.25) is 4.90 Å². The Kier molecular flexibility index (Phi) is 8.77. The molecule has 1 aromatic rings. The largest absolute Gasteiger partial charge is 0.383 e. The van der Waals surface area contributed by atoms with Crippen LogP contribution in [0.1, 0.15) is 37.8 Å². The van der Waals surface area contributed by atoms with Gasteiger partial charge in [0.15, 0.2) is 0 Å². The van der Waals surface area contributed by atoms with E-state index in [-0.39, 0.29) is 0 Å². The molecule has 0 radical (unpaired) electrons. The first-order chi connectivity index (χ1) is 10.3. The molecule has 116 valence electrons. The van der Waals surface area contributed by atoms with Crippen LogP contribution in [0, 0.1) is 11.8 Å². The second-order valence-corrected chi connectivity index (χ2v) is 5.10. The molecule has 0 saturated heterocycles. The van der Waals surface area contributed by atoms with Crippen molar-refractivity contribution in [1.29, 1.82) is 0 Å². The molecule has 1 rings (SSSR count). The Morgan fingerprint density at radius 1 is 1.24 bits per heavy atom. The van der Waals surface area contributed by atoms with Gasteiger partial charge in [0.2, 0.25) is 0 Å². The first-order valence-corrected chi connectivity index (χ1v) is 7.76. The predicted octanol–water partition coefficient (Wildman–Crippen LogP) is 2.63. The minimum absolute atomic E-state index is 0.397. The van der Waals surface area contributed by atoms with Gasteiger partial charge in [-0.2, -0.15) is 0 Å². The van der Waals surface area contributed by atoms with Crippen LogP contribution in [0.3, 0.4) is 0 Å². The van der Waals surface area contributed by atoms with Crippen molar-refractivity contribution in [3.8, 4) is 11.8 Å². The molecule has 0 spiro atoms. The van der Waals surface area contributed by atoms with E-state index in [1.54, 1.807) is 7.11 Å². The van der Waals surface area contributed by atoms with Gasteiger partial charge in [0.1, 0.15) is 0 Å². The van der Waals surface area contributed by atoms with Gasteiger partial charge < -0.3 is 10.5 Å². The van der Waals surface area contributed by atoms with Gasteiger partial charge >= 0.3 is 0 Å². The van der Waals surface area contributed by atoms with Crippen molar-refractivity contribution in [1.82, 2.24) is 4.90 Å². The van der Waals surface area contributed by atoms with E-state index in [2.05, 4.69) is 48.8 Å². The van der Waals surface area contributed by atoms with E-state index >= 15 is 0 Å². The molecule has 0 fully saturated rings. The molecule has 0 aliphatic carbocycles. The molecule has 0 aliphatic rings. The average Bonchev–Trinajstić information content (AvgIpc) is 2.52. The molecule has 3 heteroatoms. The zero-order valence-electron chi connectivity index (χ0n) is 13.6. The summed E-state index contributed by atoms with van der Waals surface area (Å²) in [5.74, 6) is 6.13. The third-order valence-corrected chi connectivity index (χ3v) is 3.76. The van der Waals surface area contributed by atoms with E-state index in [4.69, 9.17) is 10.5 Å². The third kappa shape index (κ3) is 5.89. The molecule has 0 saturated carbocycles. The molecular weight excluding hydrogens is 260 g/mol. The van der Waals surface area contributed by atoms with Crippen molar-refractivity contribution < 1.29 is 4.74 Å². The molecule has 0 atom stereocenters. The highest BCUT2D eigenvalue weighted by Crippen LogP contribution is 2.16. The van der Waals surface area contributed by atoms with Crippen molar-refractivity contribution in [2.24, 2.45) is 5.73 Å². The lowest BCUT2D eigenvalue weighted by Gasteiger charge is -2.30. The van der Waals surface area contributed by atoms with Gasteiger partial charge in [-0.25, -0.2) is 0 Å². The molecule has 2 N–H and O–H groups in total. The summed E-state index contributed by atoms with van der Waals surface area (Å²) in [6, 6.07) is 8.91. The number of nitrogens with two attached hydrogens (primary N) is 1. The lowest BCUT2D eigenvalue weighted by Crippen LogP contribution is -2.36. The number of ether oxygens (including phenoxy) is 1. The summed E-state index contributed by atoms with van der Waals surface area (Å²) in [6.45, 7) is 7.50. The Hall–Kier alpha value is -1.34. The van der Waals surface area contributed by atoms with Crippen LogP contribution in [-0.2, 0) is 11.3 Å². The maximum Gasteiger partial charge on any atom is 0.0589 e. The SMILES string of the molecule is CCC(CC)N(CCOC)Cc1ccccc1C#CCN. The zero-order chi connectivity index (χ0) is 15.5. The molecule has 0 heterocycles. The number of hydrogen-bond acceptors (Lipinski definition) is 3. The van der Waals surface area contributed by atoms with Crippen molar-refractivity contribution in [3.05, 3.63) is 35.4 Å². The highest BCUT2D eigenvalue weighted by atomic mass is 16.5. The highest BCUT2D eigenvalue weighted by molar-refractivity contribution is 5.41. The van der Waals surface area contributed by atoms with E-state index < -0.39 is 0 Å². The molecule has 0 aromatic heterocycles. The van der Waals surface area contributed by atoms with Crippen LogP contribution in [0.25, 0.3) is 0 Å². The zero-order valence-corrected chi connectivity index (χ0v) is 13.6. The Morgan fingerprint density at radius 3 is 2.57 bits per heavy atom. The maximum absolute atomic E-state index is 5.48. The number of methoxy groups -OCH3 is 1. The highest BCUT2D eigenvalue weighted by Gasteiger charge is 2.16. The normalized spacial score (nSPS) is 10.8. The number of benzene rings is 1. The van der Waals surface area contributed by atoms with Gasteiger partial charge in [0.05, 0.1) is 13.2 Å². The van der Waals surface area contributed by atoms with Crippen LogP contribution >= 0.6 is 0 Å². The predicted molar refractivity (Wildman–Crippen MR) is 89.0 cm³/mol. The molecule has 0 unspecified atom stereocenters.